The molecule has 0 aliphatic carbocycles. The van der Waals surface area contributed by atoms with Gasteiger partial charge < -0.3 is 9.84 Å². The molecule has 19 heavy (non-hydrogen) atoms. The standard InChI is InChI=1S/C11H19N3O4S/c1-5-19(16,17)14-10(7(2)3)11(15)12-9-6-8(4)18-13-9/h6-7,10,14H,5H2,1-4H3,(H,12,13,15)/t10-/m0/s1. The average Bonchev–Trinajstić information content (AvgIpc) is 2.71. The lowest BCUT2D eigenvalue weighted by atomic mass is 10.1. The van der Waals surface area contributed by atoms with Crippen LogP contribution in [0.2, 0.25) is 0 Å². The van der Waals surface area contributed by atoms with Gasteiger partial charge in [0, 0.05) is 6.07 Å². The molecule has 0 unspecified atom stereocenters. The number of carbonyl (C=O) groups excluding carboxylic acids is 1. The molecule has 0 fully saturated rings. The summed E-state index contributed by atoms with van der Waals surface area (Å²) >= 11 is 0. The smallest absolute Gasteiger partial charge is 0.244 e. The summed E-state index contributed by atoms with van der Waals surface area (Å²) in [6.45, 7) is 6.73. The van der Waals surface area contributed by atoms with E-state index in [1.165, 1.54) is 6.92 Å². The maximum Gasteiger partial charge on any atom is 0.244 e. The van der Waals surface area contributed by atoms with Crippen LogP contribution in [0.5, 0.6) is 0 Å². The van der Waals surface area contributed by atoms with Crippen molar-refractivity contribution in [1.82, 2.24) is 9.88 Å². The SMILES string of the molecule is CCS(=O)(=O)N[C@H](C(=O)Nc1cc(C)on1)C(C)C. The number of rotatable bonds is 6. The Hall–Kier alpha value is -1.41. The van der Waals surface area contributed by atoms with Crippen molar-refractivity contribution in [2.75, 3.05) is 11.1 Å². The summed E-state index contributed by atoms with van der Waals surface area (Å²) in [6, 6.07) is 0.714. The number of sulfonamides is 1. The third-order valence-electron chi connectivity index (χ3n) is 2.51. The molecule has 8 heteroatoms. The van der Waals surface area contributed by atoms with E-state index in [1.807, 2.05) is 0 Å². The van der Waals surface area contributed by atoms with Gasteiger partial charge in [0.05, 0.1) is 5.75 Å². The van der Waals surface area contributed by atoms with E-state index in [9.17, 15) is 13.2 Å². The van der Waals surface area contributed by atoms with Crippen LogP contribution in [0.3, 0.4) is 0 Å². The fourth-order valence-electron chi connectivity index (χ4n) is 1.40. The zero-order valence-electron chi connectivity index (χ0n) is 11.4. The number of hydrogen-bond acceptors (Lipinski definition) is 5. The molecule has 1 aromatic heterocycles. The molecule has 1 amide bonds. The second-order valence-corrected chi connectivity index (χ2v) is 6.60. The Kier molecular flexibility index (Phi) is 5.07. The van der Waals surface area contributed by atoms with Crippen molar-refractivity contribution in [3.05, 3.63) is 11.8 Å². The molecular formula is C11H19N3O4S. The van der Waals surface area contributed by atoms with Gasteiger partial charge in [0.1, 0.15) is 11.8 Å². The number of aryl methyl sites for hydroxylation is 1. The Balaban J connectivity index is 2.79. The minimum Gasteiger partial charge on any atom is -0.360 e. The highest BCUT2D eigenvalue weighted by atomic mass is 32.2. The van der Waals surface area contributed by atoms with Gasteiger partial charge in [0.2, 0.25) is 15.9 Å². The van der Waals surface area contributed by atoms with E-state index in [4.69, 9.17) is 4.52 Å². The molecule has 0 spiro atoms. The molecule has 2 N–H and O–H groups in total. The first-order valence-corrected chi connectivity index (χ1v) is 7.64. The molecule has 0 aromatic carbocycles. The van der Waals surface area contributed by atoms with Crippen molar-refractivity contribution >= 4 is 21.7 Å². The molecule has 0 saturated heterocycles. The van der Waals surface area contributed by atoms with Gasteiger partial charge >= 0.3 is 0 Å². The predicted octanol–water partition coefficient (Wildman–Crippen LogP) is 0.885. The average molecular weight is 289 g/mol. The Bertz CT molecular complexity index is 536. The van der Waals surface area contributed by atoms with E-state index in [2.05, 4.69) is 15.2 Å². The van der Waals surface area contributed by atoms with E-state index in [0.717, 1.165) is 0 Å². The van der Waals surface area contributed by atoms with Crippen LogP contribution in [0.25, 0.3) is 0 Å². The van der Waals surface area contributed by atoms with Gasteiger partial charge in [-0.15, -0.1) is 0 Å². The minimum absolute atomic E-state index is 0.0768. The maximum absolute atomic E-state index is 12.0. The summed E-state index contributed by atoms with van der Waals surface area (Å²) < 4.78 is 30.3. The molecule has 0 aliphatic rings. The quantitative estimate of drug-likeness (QED) is 0.809. The van der Waals surface area contributed by atoms with E-state index in [0.29, 0.717) is 5.76 Å². The van der Waals surface area contributed by atoms with Crippen LogP contribution in [0.15, 0.2) is 10.6 Å². The molecule has 0 aliphatic heterocycles. The first-order valence-electron chi connectivity index (χ1n) is 5.99. The van der Waals surface area contributed by atoms with Gasteiger partial charge in [0.25, 0.3) is 0 Å². The van der Waals surface area contributed by atoms with Gasteiger partial charge in [-0.25, -0.2) is 13.1 Å². The summed E-state index contributed by atoms with van der Waals surface area (Å²) in [5.41, 5.74) is 0. The normalized spacial score (nSPS) is 13.5. The number of nitrogens with one attached hydrogen (secondary N) is 2. The van der Waals surface area contributed by atoms with Crippen LogP contribution < -0.4 is 10.0 Å². The van der Waals surface area contributed by atoms with E-state index in [-0.39, 0.29) is 17.5 Å². The molecule has 0 radical (unpaired) electrons. The van der Waals surface area contributed by atoms with Crippen molar-refractivity contribution < 1.29 is 17.7 Å². The largest absolute Gasteiger partial charge is 0.360 e. The monoisotopic (exact) mass is 289 g/mol. The third kappa shape index (κ3) is 4.64. The summed E-state index contributed by atoms with van der Waals surface area (Å²) in [5, 5.41) is 6.15. The zero-order valence-corrected chi connectivity index (χ0v) is 12.2. The Morgan fingerprint density at radius 3 is 2.53 bits per heavy atom. The predicted molar refractivity (Wildman–Crippen MR) is 71.1 cm³/mol. The number of carbonyl (C=O) groups is 1. The van der Waals surface area contributed by atoms with Gasteiger partial charge in [-0.3, -0.25) is 4.79 Å². The first-order chi connectivity index (χ1) is 8.75. The van der Waals surface area contributed by atoms with Gasteiger partial charge in [0.15, 0.2) is 5.82 Å². The highest BCUT2D eigenvalue weighted by Gasteiger charge is 2.27. The summed E-state index contributed by atoms with van der Waals surface area (Å²) in [7, 11) is -3.45. The topological polar surface area (TPSA) is 101 Å². The summed E-state index contributed by atoms with van der Waals surface area (Å²) in [6.07, 6.45) is 0. The molecule has 1 atom stereocenters. The van der Waals surface area contributed by atoms with E-state index < -0.39 is 22.0 Å². The van der Waals surface area contributed by atoms with Crippen LogP contribution in [0, 0.1) is 12.8 Å². The Labute approximate surface area is 112 Å². The van der Waals surface area contributed by atoms with E-state index >= 15 is 0 Å². The van der Waals surface area contributed by atoms with Crippen LogP contribution in [0.4, 0.5) is 5.82 Å². The number of aromatic nitrogens is 1. The molecule has 1 heterocycles. The van der Waals surface area contributed by atoms with Crippen LogP contribution >= 0.6 is 0 Å². The van der Waals surface area contributed by atoms with E-state index in [1.54, 1.807) is 26.8 Å². The summed E-state index contributed by atoms with van der Waals surface area (Å²) in [4.78, 5) is 12.0. The highest BCUT2D eigenvalue weighted by Crippen LogP contribution is 2.10. The molecule has 1 aromatic rings. The first kappa shape index (κ1) is 15.6. The van der Waals surface area contributed by atoms with Crippen molar-refractivity contribution in [1.29, 1.82) is 0 Å². The third-order valence-corrected chi connectivity index (χ3v) is 3.89. The molecule has 1 rings (SSSR count). The zero-order chi connectivity index (χ0) is 14.6. The number of anilines is 1. The number of hydrogen-bond donors (Lipinski definition) is 2. The van der Waals surface area contributed by atoms with Crippen LogP contribution in [0.1, 0.15) is 26.5 Å². The second-order valence-electron chi connectivity index (χ2n) is 4.56. The van der Waals surface area contributed by atoms with Crippen molar-refractivity contribution in [2.45, 2.75) is 33.7 Å². The maximum atomic E-state index is 12.0. The van der Waals surface area contributed by atoms with Crippen molar-refractivity contribution in [2.24, 2.45) is 5.92 Å². The molecule has 0 saturated carbocycles. The van der Waals surface area contributed by atoms with Crippen LogP contribution in [-0.4, -0.2) is 31.3 Å². The van der Waals surface area contributed by atoms with Crippen LogP contribution in [-0.2, 0) is 14.8 Å². The van der Waals surface area contributed by atoms with Gasteiger partial charge in [-0.2, -0.15) is 0 Å². The molecule has 108 valence electrons. The lowest BCUT2D eigenvalue weighted by Gasteiger charge is -2.20. The lowest BCUT2D eigenvalue weighted by Crippen LogP contribution is -2.47. The van der Waals surface area contributed by atoms with Crippen molar-refractivity contribution in [3.8, 4) is 0 Å². The van der Waals surface area contributed by atoms with Gasteiger partial charge in [-0.05, 0) is 19.8 Å². The molecule has 0 bridgehead atoms. The van der Waals surface area contributed by atoms with Gasteiger partial charge in [-0.1, -0.05) is 19.0 Å². The fourth-order valence-corrected chi connectivity index (χ4v) is 2.33. The fraction of sp³-hybridized carbons (Fsp3) is 0.636. The number of amides is 1. The molecule has 7 nitrogen and oxygen atoms in total. The molecular weight excluding hydrogens is 270 g/mol. The lowest BCUT2D eigenvalue weighted by molar-refractivity contribution is -0.118. The Morgan fingerprint density at radius 2 is 2.11 bits per heavy atom. The number of nitrogens with zero attached hydrogens (tertiary/aromatic N) is 1. The van der Waals surface area contributed by atoms with Crippen molar-refractivity contribution in [3.63, 3.8) is 0 Å². The highest BCUT2D eigenvalue weighted by molar-refractivity contribution is 7.89. The Morgan fingerprint density at radius 1 is 1.47 bits per heavy atom. The summed E-state index contributed by atoms with van der Waals surface area (Å²) in [5.74, 6) is 0.107. The minimum atomic E-state index is -3.45. The second kappa shape index (κ2) is 6.16.